The fourth-order valence-electron chi connectivity index (χ4n) is 2.21. The monoisotopic (exact) mass is 302 g/mol. The van der Waals surface area contributed by atoms with E-state index in [-0.39, 0.29) is 12.5 Å². The topological polar surface area (TPSA) is 79.5 Å². The number of aromatic nitrogens is 3. The van der Waals surface area contributed by atoms with Gasteiger partial charge in [-0.1, -0.05) is 23.5 Å². The van der Waals surface area contributed by atoms with Crippen molar-refractivity contribution in [2.24, 2.45) is 0 Å². The van der Waals surface area contributed by atoms with E-state index in [1.54, 1.807) is 4.52 Å². The van der Waals surface area contributed by atoms with Gasteiger partial charge in [0.25, 0.3) is 0 Å². The third kappa shape index (κ3) is 2.53. The number of hydrogen-bond donors (Lipinski definition) is 2. The minimum absolute atomic E-state index is 0.127. The molecule has 2 aromatic heterocycles. The normalized spacial score (nSPS) is 11.0. The van der Waals surface area contributed by atoms with Gasteiger partial charge in [-0.2, -0.15) is 5.10 Å². The zero-order chi connectivity index (χ0) is 15.0. The smallest absolute Gasteiger partial charge is 0.221 e. The van der Waals surface area contributed by atoms with Crippen molar-refractivity contribution in [1.29, 1.82) is 0 Å². The van der Waals surface area contributed by atoms with Crippen LogP contribution in [0.2, 0.25) is 0 Å². The third-order valence-corrected chi connectivity index (χ3v) is 3.83. The first-order valence-corrected chi connectivity index (χ1v) is 7.24. The molecule has 2 N–H and O–H groups in total. The van der Waals surface area contributed by atoms with Crippen LogP contribution in [0.1, 0.15) is 17.6 Å². The van der Waals surface area contributed by atoms with Crippen LogP contribution in [0, 0.1) is 6.92 Å². The van der Waals surface area contributed by atoms with Crippen LogP contribution in [0.4, 0.5) is 5.69 Å². The van der Waals surface area contributed by atoms with Crippen LogP contribution in [0.15, 0.2) is 24.3 Å². The fourth-order valence-corrected chi connectivity index (χ4v) is 2.97. The number of amides is 1. The van der Waals surface area contributed by atoms with E-state index >= 15 is 0 Å². The summed E-state index contributed by atoms with van der Waals surface area (Å²) in [5, 5.41) is 17.6. The van der Waals surface area contributed by atoms with Gasteiger partial charge in [-0.25, -0.2) is 9.50 Å². The van der Waals surface area contributed by atoms with Gasteiger partial charge < -0.3 is 10.4 Å². The van der Waals surface area contributed by atoms with Crippen molar-refractivity contribution >= 4 is 27.9 Å². The lowest BCUT2D eigenvalue weighted by Crippen LogP contribution is -2.05. The minimum atomic E-state index is -0.149. The molecule has 3 aromatic rings. The lowest BCUT2D eigenvalue weighted by Gasteiger charge is -2.05. The average Bonchev–Trinajstić information content (AvgIpc) is 2.93. The van der Waals surface area contributed by atoms with E-state index in [9.17, 15) is 9.90 Å². The number of aliphatic hydroxyl groups is 1. The molecule has 0 saturated carbocycles. The molecule has 0 fully saturated rings. The molecule has 0 atom stereocenters. The molecule has 1 amide bonds. The Balaban J connectivity index is 2.11. The van der Waals surface area contributed by atoms with Crippen LogP contribution in [-0.2, 0) is 11.4 Å². The Morgan fingerprint density at radius 2 is 2.29 bits per heavy atom. The Kier molecular flexibility index (Phi) is 3.44. The van der Waals surface area contributed by atoms with E-state index in [4.69, 9.17) is 0 Å². The van der Waals surface area contributed by atoms with Gasteiger partial charge in [-0.3, -0.25) is 4.79 Å². The van der Waals surface area contributed by atoms with E-state index < -0.39 is 0 Å². The summed E-state index contributed by atoms with van der Waals surface area (Å²) in [6.07, 6.45) is 0. The van der Waals surface area contributed by atoms with Crippen LogP contribution in [0.25, 0.3) is 16.2 Å². The van der Waals surface area contributed by atoms with Gasteiger partial charge in [0.15, 0.2) is 0 Å². The number of rotatable bonds is 3. The van der Waals surface area contributed by atoms with Gasteiger partial charge in [0.2, 0.25) is 10.9 Å². The van der Waals surface area contributed by atoms with Crippen molar-refractivity contribution in [3.05, 3.63) is 35.0 Å². The van der Waals surface area contributed by atoms with E-state index in [1.807, 2.05) is 31.2 Å². The maximum Gasteiger partial charge on any atom is 0.221 e. The molecular formula is C14H14N4O2S. The number of nitrogens with zero attached hydrogens (tertiary/aromatic N) is 3. The van der Waals surface area contributed by atoms with Gasteiger partial charge in [-0.05, 0) is 19.1 Å². The molecule has 3 rings (SSSR count). The molecule has 21 heavy (non-hydrogen) atoms. The lowest BCUT2D eigenvalue weighted by atomic mass is 10.1. The highest BCUT2D eigenvalue weighted by Crippen LogP contribution is 2.28. The number of hydrogen-bond acceptors (Lipinski definition) is 5. The van der Waals surface area contributed by atoms with E-state index in [0.29, 0.717) is 17.1 Å². The van der Waals surface area contributed by atoms with Gasteiger partial charge in [0.05, 0.1) is 18.0 Å². The lowest BCUT2D eigenvalue weighted by molar-refractivity contribution is -0.114. The van der Waals surface area contributed by atoms with E-state index in [2.05, 4.69) is 15.4 Å². The van der Waals surface area contributed by atoms with Crippen molar-refractivity contribution in [1.82, 2.24) is 14.6 Å². The number of aryl methyl sites for hydroxylation is 1. The molecule has 0 aliphatic carbocycles. The molecular weight excluding hydrogens is 288 g/mol. The van der Waals surface area contributed by atoms with E-state index in [0.717, 1.165) is 15.5 Å². The molecule has 0 saturated heterocycles. The summed E-state index contributed by atoms with van der Waals surface area (Å²) in [7, 11) is 0. The first-order valence-electron chi connectivity index (χ1n) is 6.42. The number of carbonyl (C=O) groups is 1. The Bertz CT molecular complexity index is 822. The molecule has 1 aromatic carbocycles. The van der Waals surface area contributed by atoms with Crippen LogP contribution < -0.4 is 5.32 Å². The fraction of sp³-hybridized carbons (Fsp3) is 0.214. The molecule has 0 aliphatic heterocycles. The van der Waals surface area contributed by atoms with Crippen LogP contribution in [0.5, 0.6) is 0 Å². The van der Waals surface area contributed by atoms with Gasteiger partial charge >= 0.3 is 0 Å². The second-order valence-electron chi connectivity index (χ2n) is 4.64. The second kappa shape index (κ2) is 5.27. The van der Waals surface area contributed by atoms with Gasteiger partial charge in [0.1, 0.15) is 5.01 Å². The Morgan fingerprint density at radius 3 is 3.00 bits per heavy atom. The first kappa shape index (κ1) is 13.7. The van der Waals surface area contributed by atoms with Gasteiger partial charge in [-0.15, -0.1) is 0 Å². The second-order valence-corrected chi connectivity index (χ2v) is 5.80. The number of nitrogens with one attached hydrogen (secondary N) is 1. The number of benzene rings is 1. The quantitative estimate of drug-likeness (QED) is 0.777. The molecule has 0 radical (unpaired) electrons. The predicted octanol–water partition coefficient (Wildman–Crippen LogP) is 2.22. The highest BCUT2D eigenvalue weighted by molar-refractivity contribution is 7.16. The maximum atomic E-state index is 11.1. The standard InChI is InChI=1S/C14H14N4O2S/c1-8(20)15-11-5-3-4-10(6-11)13-12(7-19)18-14(16-13)21-9(2)17-18/h3-6,19H,7H2,1-2H3,(H,15,20). The molecule has 6 nitrogen and oxygen atoms in total. The molecule has 0 spiro atoms. The molecule has 2 heterocycles. The predicted molar refractivity (Wildman–Crippen MR) is 81.3 cm³/mol. The van der Waals surface area contributed by atoms with Crippen molar-refractivity contribution < 1.29 is 9.90 Å². The number of aliphatic hydroxyl groups excluding tert-OH is 1. The Morgan fingerprint density at radius 1 is 1.48 bits per heavy atom. The number of fused-ring (bicyclic) bond motifs is 1. The summed E-state index contributed by atoms with van der Waals surface area (Å²) in [5.74, 6) is -0.127. The summed E-state index contributed by atoms with van der Waals surface area (Å²) in [4.78, 5) is 16.4. The minimum Gasteiger partial charge on any atom is -0.390 e. The zero-order valence-electron chi connectivity index (χ0n) is 11.6. The van der Waals surface area contributed by atoms with Crippen LogP contribution >= 0.6 is 11.3 Å². The summed E-state index contributed by atoms with van der Waals surface area (Å²) in [5.41, 5.74) is 2.86. The number of anilines is 1. The zero-order valence-corrected chi connectivity index (χ0v) is 12.4. The maximum absolute atomic E-state index is 11.1. The summed E-state index contributed by atoms with van der Waals surface area (Å²) in [6, 6.07) is 7.38. The Labute approximate surface area is 125 Å². The number of imidazole rings is 1. The van der Waals surface area contributed by atoms with Crippen molar-refractivity contribution in [3.8, 4) is 11.3 Å². The Hall–Kier alpha value is -2.25. The highest BCUT2D eigenvalue weighted by Gasteiger charge is 2.16. The first-order chi connectivity index (χ1) is 10.1. The molecule has 108 valence electrons. The molecule has 0 unspecified atom stereocenters. The summed E-state index contributed by atoms with van der Waals surface area (Å²) >= 11 is 1.47. The highest BCUT2D eigenvalue weighted by atomic mass is 32.1. The van der Waals surface area contributed by atoms with E-state index in [1.165, 1.54) is 18.3 Å². The average molecular weight is 302 g/mol. The van der Waals surface area contributed by atoms with Crippen molar-refractivity contribution in [3.63, 3.8) is 0 Å². The summed E-state index contributed by atoms with van der Waals surface area (Å²) in [6.45, 7) is 3.22. The van der Waals surface area contributed by atoms with Crippen molar-refractivity contribution in [2.45, 2.75) is 20.5 Å². The van der Waals surface area contributed by atoms with Gasteiger partial charge in [0, 0.05) is 18.2 Å². The SMILES string of the molecule is CC(=O)Nc1cccc(-c2nc3sc(C)nn3c2CO)c1. The summed E-state index contributed by atoms with van der Waals surface area (Å²) < 4.78 is 1.67. The molecule has 0 bridgehead atoms. The van der Waals surface area contributed by atoms with Crippen LogP contribution in [-0.4, -0.2) is 25.6 Å². The third-order valence-electron chi connectivity index (χ3n) is 3.00. The number of carbonyl (C=O) groups excluding carboxylic acids is 1. The molecule has 0 aliphatic rings. The van der Waals surface area contributed by atoms with Crippen molar-refractivity contribution in [2.75, 3.05) is 5.32 Å². The molecule has 7 heteroatoms. The van der Waals surface area contributed by atoms with Crippen LogP contribution in [0.3, 0.4) is 0 Å². The largest absolute Gasteiger partial charge is 0.390 e.